The Morgan fingerprint density at radius 2 is 2.03 bits per heavy atom. The zero-order valence-corrected chi connectivity index (χ0v) is 18.1. The number of aliphatic hydroxyl groups is 1. The van der Waals surface area contributed by atoms with Crippen LogP contribution in [0.4, 0.5) is 15.9 Å². The van der Waals surface area contributed by atoms with E-state index in [1.807, 2.05) is 48.1 Å². The Morgan fingerprint density at radius 3 is 2.88 bits per heavy atom. The first-order chi connectivity index (χ1) is 16.1. The molecule has 33 heavy (non-hydrogen) atoms. The summed E-state index contributed by atoms with van der Waals surface area (Å²) in [7, 11) is 0. The maximum absolute atomic E-state index is 13.5. The van der Waals surface area contributed by atoms with Crippen molar-refractivity contribution >= 4 is 27.9 Å². The molecule has 0 saturated carbocycles. The minimum atomic E-state index is -0.252. The molecule has 3 N–H and O–H groups in total. The third-order valence-corrected chi connectivity index (χ3v) is 5.58. The summed E-state index contributed by atoms with van der Waals surface area (Å²) in [6.07, 6.45) is 5.21. The van der Waals surface area contributed by atoms with E-state index in [1.165, 1.54) is 18.5 Å². The van der Waals surface area contributed by atoms with E-state index in [0.29, 0.717) is 18.9 Å². The molecule has 1 atom stereocenters. The van der Waals surface area contributed by atoms with Crippen molar-refractivity contribution in [3.63, 3.8) is 0 Å². The van der Waals surface area contributed by atoms with E-state index in [1.54, 1.807) is 16.8 Å². The Balaban J connectivity index is 1.41. The molecule has 0 saturated heterocycles. The molecule has 0 unspecified atom stereocenters. The fourth-order valence-electron chi connectivity index (χ4n) is 3.84. The van der Waals surface area contributed by atoms with Crippen molar-refractivity contribution in [2.45, 2.75) is 26.1 Å². The highest BCUT2D eigenvalue weighted by molar-refractivity contribution is 5.85. The third-order valence-electron chi connectivity index (χ3n) is 5.58. The maximum Gasteiger partial charge on any atom is 0.158 e. The summed E-state index contributed by atoms with van der Waals surface area (Å²) in [5, 5.41) is 25.7. The molecule has 0 spiro atoms. The quantitative estimate of drug-likeness (QED) is 0.339. The molecule has 0 aliphatic heterocycles. The number of rotatable bonds is 8. The Labute approximate surface area is 189 Å². The number of aromatic nitrogens is 5. The van der Waals surface area contributed by atoms with Crippen LogP contribution >= 0.6 is 0 Å². The predicted molar refractivity (Wildman–Crippen MR) is 125 cm³/mol. The van der Waals surface area contributed by atoms with E-state index in [0.717, 1.165) is 33.2 Å². The lowest BCUT2D eigenvalue weighted by atomic mass is 10.2. The second kappa shape index (κ2) is 8.97. The van der Waals surface area contributed by atoms with Gasteiger partial charge in [-0.15, -0.1) is 0 Å². The van der Waals surface area contributed by atoms with Crippen LogP contribution in [0.3, 0.4) is 0 Å². The molecule has 2 aromatic carbocycles. The molecule has 5 aromatic rings. The SMILES string of the molecule is C[C@@H](CO)NCc1ccn2ncnc(Nc3ccc4c(cnn4Cc4cccc(F)c4)c3)c12. The second-order valence-corrected chi connectivity index (χ2v) is 8.04. The molecule has 5 rings (SSSR count). The van der Waals surface area contributed by atoms with Gasteiger partial charge in [0.2, 0.25) is 0 Å². The van der Waals surface area contributed by atoms with Gasteiger partial charge in [-0.05, 0) is 54.4 Å². The molecule has 0 aliphatic rings. The Kier molecular flexibility index (Phi) is 5.72. The number of fused-ring (bicyclic) bond motifs is 2. The van der Waals surface area contributed by atoms with Gasteiger partial charge >= 0.3 is 0 Å². The molecule has 0 amide bonds. The predicted octanol–water partition coefficient (Wildman–Crippen LogP) is 3.48. The van der Waals surface area contributed by atoms with E-state index >= 15 is 0 Å². The van der Waals surface area contributed by atoms with Crippen LogP contribution in [0.1, 0.15) is 18.1 Å². The van der Waals surface area contributed by atoms with Crippen molar-refractivity contribution in [1.29, 1.82) is 0 Å². The molecule has 0 aliphatic carbocycles. The van der Waals surface area contributed by atoms with Crippen molar-refractivity contribution in [2.24, 2.45) is 0 Å². The molecule has 0 radical (unpaired) electrons. The van der Waals surface area contributed by atoms with Crippen molar-refractivity contribution in [3.05, 3.63) is 84.2 Å². The zero-order valence-electron chi connectivity index (χ0n) is 18.1. The first-order valence-electron chi connectivity index (χ1n) is 10.7. The van der Waals surface area contributed by atoms with E-state index in [4.69, 9.17) is 0 Å². The summed E-state index contributed by atoms with van der Waals surface area (Å²) in [6.45, 7) is 3.08. The lowest BCUT2D eigenvalue weighted by Crippen LogP contribution is -2.28. The number of benzene rings is 2. The average Bonchev–Trinajstić information content (AvgIpc) is 3.42. The summed E-state index contributed by atoms with van der Waals surface area (Å²) in [5.41, 5.74) is 4.59. The van der Waals surface area contributed by atoms with Gasteiger partial charge in [0, 0.05) is 29.9 Å². The summed E-state index contributed by atoms with van der Waals surface area (Å²) < 4.78 is 17.2. The van der Waals surface area contributed by atoms with Gasteiger partial charge in [0.05, 0.1) is 24.9 Å². The van der Waals surface area contributed by atoms with Gasteiger partial charge in [0.1, 0.15) is 17.7 Å². The Hall–Kier alpha value is -3.82. The van der Waals surface area contributed by atoms with Gasteiger partial charge in [-0.2, -0.15) is 10.2 Å². The monoisotopic (exact) mass is 445 g/mol. The number of nitrogens with zero attached hydrogens (tertiary/aromatic N) is 5. The van der Waals surface area contributed by atoms with Gasteiger partial charge in [-0.1, -0.05) is 12.1 Å². The van der Waals surface area contributed by atoms with Crippen LogP contribution in [0.5, 0.6) is 0 Å². The van der Waals surface area contributed by atoms with Crippen molar-refractivity contribution in [1.82, 2.24) is 29.7 Å². The average molecular weight is 446 g/mol. The van der Waals surface area contributed by atoms with Crippen molar-refractivity contribution in [2.75, 3.05) is 11.9 Å². The van der Waals surface area contributed by atoms with Gasteiger partial charge in [-0.25, -0.2) is 13.9 Å². The van der Waals surface area contributed by atoms with E-state index < -0.39 is 0 Å². The third kappa shape index (κ3) is 4.41. The lowest BCUT2D eigenvalue weighted by molar-refractivity contribution is 0.251. The van der Waals surface area contributed by atoms with Crippen LogP contribution in [0.25, 0.3) is 16.4 Å². The van der Waals surface area contributed by atoms with Crippen LogP contribution in [0, 0.1) is 5.82 Å². The summed E-state index contributed by atoms with van der Waals surface area (Å²) in [6, 6.07) is 14.5. The molecule has 0 bridgehead atoms. The molecular weight excluding hydrogens is 421 g/mol. The fourth-order valence-corrected chi connectivity index (χ4v) is 3.84. The normalized spacial score (nSPS) is 12.5. The second-order valence-electron chi connectivity index (χ2n) is 8.04. The molecule has 0 fully saturated rings. The largest absolute Gasteiger partial charge is 0.395 e. The highest BCUT2D eigenvalue weighted by Crippen LogP contribution is 2.26. The first-order valence-corrected chi connectivity index (χ1v) is 10.7. The maximum atomic E-state index is 13.5. The minimum Gasteiger partial charge on any atom is -0.395 e. The van der Waals surface area contributed by atoms with Gasteiger partial charge < -0.3 is 15.7 Å². The number of hydrogen-bond donors (Lipinski definition) is 3. The smallest absolute Gasteiger partial charge is 0.158 e. The van der Waals surface area contributed by atoms with E-state index in [-0.39, 0.29) is 18.5 Å². The van der Waals surface area contributed by atoms with Gasteiger partial charge in [0.15, 0.2) is 5.82 Å². The number of halogens is 1. The molecule has 9 heteroatoms. The molecule has 168 valence electrons. The summed E-state index contributed by atoms with van der Waals surface area (Å²) >= 11 is 0. The number of anilines is 2. The topological polar surface area (TPSA) is 92.3 Å². The summed E-state index contributed by atoms with van der Waals surface area (Å²) in [5.74, 6) is 0.437. The van der Waals surface area contributed by atoms with Crippen LogP contribution in [-0.4, -0.2) is 42.1 Å². The van der Waals surface area contributed by atoms with Crippen LogP contribution < -0.4 is 10.6 Å². The fraction of sp³-hybridized carbons (Fsp3) is 0.208. The minimum absolute atomic E-state index is 0.00712. The van der Waals surface area contributed by atoms with Gasteiger partial charge in [0.25, 0.3) is 0 Å². The first kappa shape index (κ1) is 21.0. The Bertz CT molecular complexity index is 1410. The van der Waals surface area contributed by atoms with Crippen LogP contribution in [0.15, 0.2) is 67.3 Å². The lowest BCUT2D eigenvalue weighted by Gasteiger charge is -2.12. The summed E-state index contributed by atoms with van der Waals surface area (Å²) in [4.78, 5) is 4.46. The molecule has 3 aromatic heterocycles. The standard InChI is InChI=1S/C24H24FN7O/c1-16(14-33)26-11-18-7-8-31-23(18)24(27-15-29-31)30-21-5-6-22-19(10-21)12-28-32(22)13-17-3-2-4-20(25)9-17/h2-10,12,15-16,26,33H,11,13-14H2,1H3,(H,27,29,30)/t16-/m0/s1. The number of hydrogen-bond acceptors (Lipinski definition) is 6. The number of nitrogens with one attached hydrogen (secondary N) is 2. The van der Waals surface area contributed by atoms with Crippen molar-refractivity contribution < 1.29 is 9.50 Å². The molecular formula is C24H24FN7O. The van der Waals surface area contributed by atoms with Crippen LogP contribution in [-0.2, 0) is 13.1 Å². The highest BCUT2D eigenvalue weighted by Gasteiger charge is 2.12. The number of aliphatic hydroxyl groups excluding tert-OH is 1. The zero-order chi connectivity index (χ0) is 22.8. The van der Waals surface area contributed by atoms with Crippen molar-refractivity contribution in [3.8, 4) is 0 Å². The Morgan fingerprint density at radius 1 is 1.12 bits per heavy atom. The van der Waals surface area contributed by atoms with E-state index in [2.05, 4.69) is 25.8 Å². The highest BCUT2D eigenvalue weighted by atomic mass is 19.1. The van der Waals surface area contributed by atoms with Crippen LogP contribution in [0.2, 0.25) is 0 Å². The van der Waals surface area contributed by atoms with E-state index in [9.17, 15) is 9.50 Å². The van der Waals surface area contributed by atoms with Gasteiger partial charge in [-0.3, -0.25) is 4.68 Å². The molecule has 3 heterocycles. The molecule has 8 nitrogen and oxygen atoms in total.